The molecule has 0 atom stereocenters. The topological polar surface area (TPSA) is 92.3 Å². The lowest BCUT2D eigenvalue weighted by molar-refractivity contribution is 0.521. The van der Waals surface area contributed by atoms with Crippen molar-refractivity contribution >= 4 is 31.4 Å². The minimum absolute atomic E-state index is 0.159. The summed E-state index contributed by atoms with van der Waals surface area (Å²) in [6.07, 6.45) is 0. The summed E-state index contributed by atoms with van der Waals surface area (Å²) >= 11 is 0. The molecule has 0 aliphatic carbocycles. The molecule has 0 radical (unpaired) electrons. The molecule has 0 aliphatic rings. The monoisotopic (exact) mass is 452 g/mol. The number of sulfonamides is 2. The first-order valence-electron chi connectivity index (χ1n) is 8.66. The summed E-state index contributed by atoms with van der Waals surface area (Å²) in [4.78, 5) is -1.33. The van der Waals surface area contributed by atoms with Gasteiger partial charge in [0.2, 0.25) is 0 Å². The van der Waals surface area contributed by atoms with Crippen LogP contribution in [0.25, 0.3) is 0 Å². The summed E-state index contributed by atoms with van der Waals surface area (Å²) in [6, 6.07) is 13.2. The smallest absolute Gasteiger partial charge is 0.267 e. The fraction of sp³-hybridized carbons (Fsp3) is 0.100. The van der Waals surface area contributed by atoms with Crippen LogP contribution in [0.2, 0.25) is 0 Å². The zero-order valence-corrected chi connectivity index (χ0v) is 17.6. The predicted octanol–water partition coefficient (Wildman–Crippen LogP) is 4.18. The van der Waals surface area contributed by atoms with Crippen molar-refractivity contribution in [1.29, 1.82) is 0 Å². The molecule has 3 rings (SSSR count). The largest absolute Gasteiger partial charge is 0.280 e. The Morgan fingerprint density at radius 3 is 1.90 bits per heavy atom. The maximum absolute atomic E-state index is 13.9. The third-order valence-corrected chi connectivity index (χ3v) is 7.14. The van der Waals surface area contributed by atoms with E-state index in [1.807, 2.05) is 4.72 Å². The van der Waals surface area contributed by atoms with Gasteiger partial charge < -0.3 is 0 Å². The van der Waals surface area contributed by atoms with E-state index < -0.39 is 36.6 Å². The first-order chi connectivity index (χ1) is 14.0. The van der Waals surface area contributed by atoms with Crippen LogP contribution in [0.1, 0.15) is 11.1 Å². The molecule has 0 aromatic heterocycles. The third-order valence-electron chi connectivity index (χ3n) is 4.19. The van der Waals surface area contributed by atoms with Crippen molar-refractivity contribution in [2.75, 3.05) is 9.44 Å². The minimum atomic E-state index is -4.63. The number of halogens is 2. The molecule has 0 saturated carbocycles. The van der Waals surface area contributed by atoms with Crippen molar-refractivity contribution in [3.63, 3.8) is 0 Å². The average molecular weight is 453 g/mol. The lowest BCUT2D eigenvalue weighted by Crippen LogP contribution is -2.18. The Morgan fingerprint density at radius 2 is 1.27 bits per heavy atom. The first-order valence-corrected chi connectivity index (χ1v) is 11.6. The standard InChI is InChI=1S/C20H18F2N2O4S2/c1-13-5-3-6-15(11-13)23-29(25,26)19-12-16(10-9-14(19)2)24-30(27,28)20-17(21)7-4-8-18(20)22/h3-12,23-24H,1-2H3. The van der Waals surface area contributed by atoms with Crippen LogP contribution in [0.3, 0.4) is 0 Å². The van der Waals surface area contributed by atoms with Crippen LogP contribution in [0.4, 0.5) is 20.2 Å². The highest BCUT2D eigenvalue weighted by atomic mass is 32.2. The number of rotatable bonds is 6. The first kappa shape index (κ1) is 21.7. The van der Waals surface area contributed by atoms with Crippen molar-refractivity contribution in [2.24, 2.45) is 0 Å². The van der Waals surface area contributed by atoms with Gasteiger partial charge in [-0.05, 0) is 61.4 Å². The quantitative estimate of drug-likeness (QED) is 0.587. The van der Waals surface area contributed by atoms with Crippen LogP contribution in [0, 0.1) is 25.5 Å². The normalized spacial score (nSPS) is 11.9. The van der Waals surface area contributed by atoms with E-state index in [2.05, 4.69) is 4.72 Å². The fourth-order valence-electron chi connectivity index (χ4n) is 2.82. The van der Waals surface area contributed by atoms with Crippen LogP contribution < -0.4 is 9.44 Å². The second-order valence-electron chi connectivity index (χ2n) is 6.61. The maximum atomic E-state index is 13.9. The highest BCUT2D eigenvalue weighted by Crippen LogP contribution is 2.26. The van der Waals surface area contributed by atoms with Gasteiger partial charge in [-0.2, -0.15) is 0 Å². The Labute approximate surface area is 173 Å². The zero-order chi connectivity index (χ0) is 22.1. The Bertz CT molecular complexity index is 1300. The molecule has 0 heterocycles. The van der Waals surface area contributed by atoms with Gasteiger partial charge in [0.25, 0.3) is 20.0 Å². The molecular formula is C20H18F2N2O4S2. The molecule has 0 aliphatic heterocycles. The van der Waals surface area contributed by atoms with E-state index in [0.29, 0.717) is 11.3 Å². The van der Waals surface area contributed by atoms with E-state index in [1.54, 1.807) is 38.1 Å². The average Bonchev–Trinajstić information content (AvgIpc) is 2.62. The Balaban J connectivity index is 1.97. The highest BCUT2D eigenvalue weighted by Gasteiger charge is 2.25. The number of anilines is 2. The third kappa shape index (κ3) is 4.60. The molecule has 0 saturated heterocycles. The van der Waals surface area contributed by atoms with Crippen molar-refractivity contribution in [1.82, 2.24) is 0 Å². The molecule has 30 heavy (non-hydrogen) atoms. The van der Waals surface area contributed by atoms with Crippen LogP contribution >= 0.6 is 0 Å². The van der Waals surface area contributed by atoms with Gasteiger partial charge in [0, 0.05) is 5.69 Å². The lowest BCUT2D eigenvalue weighted by Gasteiger charge is -2.14. The molecular weight excluding hydrogens is 434 g/mol. The summed E-state index contributed by atoms with van der Waals surface area (Å²) < 4.78 is 82.8. The van der Waals surface area contributed by atoms with Crippen LogP contribution in [0.15, 0.2) is 70.5 Å². The molecule has 3 aromatic rings. The molecule has 10 heteroatoms. The molecule has 0 bridgehead atoms. The molecule has 3 aromatic carbocycles. The molecule has 0 amide bonds. The SMILES string of the molecule is Cc1cccc(NS(=O)(=O)c2cc(NS(=O)(=O)c3c(F)cccc3F)ccc2C)c1. The summed E-state index contributed by atoms with van der Waals surface area (Å²) in [6.45, 7) is 3.35. The zero-order valence-electron chi connectivity index (χ0n) is 16.0. The summed E-state index contributed by atoms with van der Waals surface area (Å²) in [5.74, 6) is -2.52. The number of nitrogens with one attached hydrogen (secondary N) is 2. The molecule has 158 valence electrons. The van der Waals surface area contributed by atoms with Gasteiger partial charge in [0.15, 0.2) is 4.90 Å². The lowest BCUT2D eigenvalue weighted by atomic mass is 10.2. The number of hydrogen-bond donors (Lipinski definition) is 2. The minimum Gasteiger partial charge on any atom is -0.280 e. The van der Waals surface area contributed by atoms with Gasteiger partial charge in [-0.25, -0.2) is 25.6 Å². The second-order valence-corrected chi connectivity index (χ2v) is 9.88. The summed E-state index contributed by atoms with van der Waals surface area (Å²) in [5.41, 5.74) is 1.39. The number of hydrogen-bond acceptors (Lipinski definition) is 4. The van der Waals surface area contributed by atoms with Gasteiger partial charge >= 0.3 is 0 Å². The highest BCUT2D eigenvalue weighted by molar-refractivity contribution is 7.93. The second kappa shape index (κ2) is 8.04. The van der Waals surface area contributed by atoms with Gasteiger partial charge in [0.1, 0.15) is 11.6 Å². The van der Waals surface area contributed by atoms with Crippen LogP contribution in [0.5, 0.6) is 0 Å². The van der Waals surface area contributed by atoms with Crippen molar-refractivity contribution in [3.05, 3.63) is 83.4 Å². The summed E-state index contributed by atoms with van der Waals surface area (Å²) in [7, 11) is -8.68. The van der Waals surface area contributed by atoms with E-state index in [9.17, 15) is 25.6 Å². The summed E-state index contributed by atoms with van der Waals surface area (Å²) in [5, 5.41) is 0. The number of aryl methyl sites for hydroxylation is 2. The van der Waals surface area contributed by atoms with Gasteiger partial charge in [-0.1, -0.05) is 24.3 Å². The van der Waals surface area contributed by atoms with Crippen molar-refractivity contribution < 1.29 is 25.6 Å². The predicted molar refractivity (Wildman–Crippen MR) is 110 cm³/mol. The van der Waals surface area contributed by atoms with Gasteiger partial charge in [-0.3, -0.25) is 9.44 Å². The van der Waals surface area contributed by atoms with E-state index >= 15 is 0 Å². The van der Waals surface area contributed by atoms with Gasteiger partial charge in [-0.15, -0.1) is 0 Å². The van der Waals surface area contributed by atoms with Gasteiger partial charge in [0.05, 0.1) is 10.6 Å². The van der Waals surface area contributed by atoms with E-state index in [0.717, 1.165) is 29.8 Å². The molecule has 0 spiro atoms. The molecule has 0 unspecified atom stereocenters. The Kier molecular flexibility index (Phi) is 5.82. The Hall–Kier alpha value is -2.98. The van der Waals surface area contributed by atoms with E-state index in [1.165, 1.54) is 12.1 Å². The molecule has 0 fully saturated rings. The van der Waals surface area contributed by atoms with Crippen LogP contribution in [-0.4, -0.2) is 16.8 Å². The molecule has 2 N–H and O–H groups in total. The molecule has 6 nitrogen and oxygen atoms in total. The van der Waals surface area contributed by atoms with Crippen molar-refractivity contribution in [3.8, 4) is 0 Å². The van der Waals surface area contributed by atoms with E-state index in [4.69, 9.17) is 0 Å². The van der Waals surface area contributed by atoms with E-state index in [-0.39, 0.29) is 10.6 Å². The van der Waals surface area contributed by atoms with Crippen LogP contribution in [-0.2, 0) is 20.0 Å². The Morgan fingerprint density at radius 1 is 0.700 bits per heavy atom. The number of benzene rings is 3. The fourth-order valence-corrected chi connectivity index (χ4v) is 5.33. The van der Waals surface area contributed by atoms with Crippen molar-refractivity contribution in [2.45, 2.75) is 23.6 Å². The maximum Gasteiger partial charge on any atom is 0.267 e.